The summed E-state index contributed by atoms with van der Waals surface area (Å²) in [4.78, 5) is 33.3. The molecule has 1 aliphatic heterocycles. The number of hydrogen-bond donors (Lipinski definition) is 1. The molecule has 0 bridgehead atoms. The molecule has 1 unspecified atom stereocenters. The van der Waals surface area contributed by atoms with Crippen LogP contribution in [-0.4, -0.2) is 28.5 Å². The number of amides is 1. The molecule has 162 valence electrons. The zero-order chi connectivity index (χ0) is 22.1. The predicted octanol–water partition coefficient (Wildman–Crippen LogP) is 4.61. The number of rotatable bonds is 4. The molecule has 6 nitrogen and oxygen atoms in total. The monoisotopic (exact) mass is 444 g/mol. The largest absolute Gasteiger partial charge is 0.341 e. The lowest BCUT2D eigenvalue weighted by molar-refractivity contribution is -0.120. The molecule has 4 aromatic rings. The predicted molar refractivity (Wildman–Crippen MR) is 130 cm³/mol. The molecular weight excluding hydrogens is 420 g/mol. The number of thiophene rings is 1. The Kier molecular flexibility index (Phi) is 5.49. The summed E-state index contributed by atoms with van der Waals surface area (Å²) in [6.07, 6.45) is 1.67. The fraction of sp³-hybridized carbons (Fsp3) is 0.240. The van der Waals surface area contributed by atoms with Gasteiger partial charge in [-0.2, -0.15) is 0 Å². The Labute approximate surface area is 190 Å². The van der Waals surface area contributed by atoms with Crippen LogP contribution in [0.3, 0.4) is 0 Å². The molecule has 1 aliphatic rings. The molecular formula is C25H24N4O2S. The van der Waals surface area contributed by atoms with Gasteiger partial charge in [-0.1, -0.05) is 35.9 Å². The van der Waals surface area contributed by atoms with Gasteiger partial charge in [-0.15, -0.1) is 11.3 Å². The van der Waals surface area contributed by atoms with Gasteiger partial charge in [0, 0.05) is 18.8 Å². The topological polar surface area (TPSA) is 67.2 Å². The number of nitrogens with one attached hydrogen (secondary N) is 1. The zero-order valence-corrected chi connectivity index (χ0v) is 18.6. The van der Waals surface area contributed by atoms with Gasteiger partial charge in [-0.3, -0.25) is 9.59 Å². The summed E-state index contributed by atoms with van der Waals surface area (Å²) in [6, 6.07) is 19.3. The molecule has 1 N–H and O–H groups in total. The number of anilines is 2. The number of nitrogens with zero attached hydrogens (tertiary/aromatic N) is 3. The van der Waals surface area contributed by atoms with Crippen LogP contribution >= 0.6 is 11.3 Å². The quantitative estimate of drug-likeness (QED) is 0.499. The van der Waals surface area contributed by atoms with E-state index in [0.717, 1.165) is 36.3 Å². The summed E-state index contributed by atoms with van der Waals surface area (Å²) in [6.45, 7) is 3.30. The van der Waals surface area contributed by atoms with Crippen molar-refractivity contribution in [1.82, 2.24) is 9.55 Å². The molecule has 7 heteroatoms. The van der Waals surface area contributed by atoms with Gasteiger partial charge in [0.25, 0.3) is 5.56 Å². The Balaban J connectivity index is 1.50. The van der Waals surface area contributed by atoms with E-state index in [1.807, 2.05) is 73.0 Å². The zero-order valence-electron chi connectivity index (χ0n) is 17.8. The standard InChI is InChI=1S/C25H24N4O2S/c1-17-9-11-20(12-10-17)29-24(31)22-21(13-15-32-22)27-25(29)28-14-5-6-18(16-28)23(30)26-19-7-3-2-4-8-19/h2-4,7-13,15,18H,5-6,14,16H2,1H3,(H,26,30). The lowest BCUT2D eigenvalue weighted by Gasteiger charge is -2.34. The highest BCUT2D eigenvalue weighted by Crippen LogP contribution is 2.27. The van der Waals surface area contributed by atoms with Gasteiger partial charge < -0.3 is 10.2 Å². The summed E-state index contributed by atoms with van der Waals surface area (Å²) in [5, 5.41) is 4.92. The molecule has 0 saturated carbocycles. The number of piperidine rings is 1. The van der Waals surface area contributed by atoms with Crippen LogP contribution in [0.15, 0.2) is 70.8 Å². The first-order valence-electron chi connectivity index (χ1n) is 10.8. The van der Waals surface area contributed by atoms with Crippen molar-refractivity contribution < 1.29 is 4.79 Å². The van der Waals surface area contributed by atoms with Crippen molar-refractivity contribution in [2.75, 3.05) is 23.3 Å². The molecule has 1 saturated heterocycles. The van der Waals surface area contributed by atoms with Crippen molar-refractivity contribution in [3.8, 4) is 5.69 Å². The summed E-state index contributed by atoms with van der Waals surface area (Å²) in [5.41, 5.74) is 3.34. The van der Waals surface area contributed by atoms with Crippen LogP contribution in [0.1, 0.15) is 18.4 Å². The Bertz CT molecular complexity index is 1310. The van der Waals surface area contributed by atoms with Crippen LogP contribution in [0, 0.1) is 12.8 Å². The van der Waals surface area contributed by atoms with Crippen molar-refractivity contribution in [3.05, 3.63) is 82.0 Å². The van der Waals surface area contributed by atoms with E-state index < -0.39 is 0 Å². The lowest BCUT2D eigenvalue weighted by Crippen LogP contribution is -2.43. The Hall–Kier alpha value is -3.45. The van der Waals surface area contributed by atoms with E-state index in [2.05, 4.69) is 10.2 Å². The van der Waals surface area contributed by atoms with Crippen LogP contribution < -0.4 is 15.8 Å². The number of para-hydroxylation sites is 1. The highest BCUT2D eigenvalue weighted by Gasteiger charge is 2.29. The molecule has 2 aromatic heterocycles. The number of carbonyl (C=O) groups is 1. The lowest BCUT2D eigenvalue weighted by atomic mass is 9.97. The van der Waals surface area contributed by atoms with E-state index in [0.29, 0.717) is 22.7 Å². The molecule has 32 heavy (non-hydrogen) atoms. The molecule has 1 amide bonds. The van der Waals surface area contributed by atoms with E-state index in [1.54, 1.807) is 4.57 Å². The maximum Gasteiger partial charge on any atom is 0.277 e. The SMILES string of the molecule is Cc1ccc(-n2c(N3CCCC(C(=O)Nc4ccccc4)C3)nc3ccsc3c2=O)cc1. The van der Waals surface area contributed by atoms with Crippen LogP contribution in [0.5, 0.6) is 0 Å². The summed E-state index contributed by atoms with van der Waals surface area (Å²) in [7, 11) is 0. The molecule has 2 aromatic carbocycles. The third kappa shape index (κ3) is 3.91. The molecule has 0 aliphatic carbocycles. The van der Waals surface area contributed by atoms with Gasteiger partial charge in [0.1, 0.15) is 4.70 Å². The Morgan fingerprint density at radius 2 is 1.88 bits per heavy atom. The smallest absolute Gasteiger partial charge is 0.277 e. The fourth-order valence-electron chi connectivity index (χ4n) is 4.18. The number of hydrogen-bond acceptors (Lipinski definition) is 5. The van der Waals surface area contributed by atoms with Crippen LogP contribution in [-0.2, 0) is 4.79 Å². The first-order chi connectivity index (χ1) is 15.6. The van der Waals surface area contributed by atoms with Crippen molar-refractivity contribution in [2.24, 2.45) is 5.92 Å². The van der Waals surface area contributed by atoms with Crippen LogP contribution in [0.2, 0.25) is 0 Å². The minimum atomic E-state index is -0.175. The Morgan fingerprint density at radius 3 is 2.66 bits per heavy atom. The fourth-order valence-corrected chi connectivity index (χ4v) is 4.94. The number of fused-ring (bicyclic) bond motifs is 1. The van der Waals surface area contributed by atoms with Crippen molar-refractivity contribution in [1.29, 1.82) is 0 Å². The maximum absolute atomic E-state index is 13.4. The summed E-state index contributed by atoms with van der Waals surface area (Å²) in [5.74, 6) is 0.425. The van der Waals surface area contributed by atoms with Crippen molar-refractivity contribution >= 4 is 39.1 Å². The van der Waals surface area contributed by atoms with Gasteiger partial charge >= 0.3 is 0 Å². The number of aryl methyl sites for hydroxylation is 1. The normalized spacial score (nSPS) is 16.3. The highest BCUT2D eigenvalue weighted by atomic mass is 32.1. The second kappa shape index (κ2) is 8.59. The molecule has 1 atom stereocenters. The molecule has 0 spiro atoms. The minimum absolute atomic E-state index is 0.00162. The second-order valence-corrected chi connectivity index (χ2v) is 9.08. The summed E-state index contributed by atoms with van der Waals surface area (Å²) < 4.78 is 2.33. The molecule has 0 radical (unpaired) electrons. The number of benzene rings is 2. The first kappa shape index (κ1) is 20.5. The summed E-state index contributed by atoms with van der Waals surface area (Å²) >= 11 is 1.41. The van der Waals surface area contributed by atoms with Crippen LogP contribution in [0.4, 0.5) is 11.6 Å². The number of carbonyl (C=O) groups excluding carboxylic acids is 1. The minimum Gasteiger partial charge on any atom is -0.341 e. The maximum atomic E-state index is 13.4. The molecule has 3 heterocycles. The third-order valence-corrected chi connectivity index (χ3v) is 6.76. The van der Waals surface area contributed by atoms with E-state index >= 15 is 0 Å². The third-order valence-electron chi connectivity index (χ3n) is 5.87. The molecule has 1 fully saturated rings. The Morgan fingerprint density at radius 1 is 1.09 bits per heavy atom. The second-order valence-electron chi connectivity index (χ2n) is 8.16. The molecule has 5 rings (SSSR count). The van der Waals surface area contributed by atoms with Crippen LogP contribution in [0.25, 0.3) is 15.9 Å². The highest BCUT2D eigenvalue weighted by molar-refractivity contribution is 7.17. The van der Waals surface area contributed by atoms with Gasteiger partial charge in [0.05, 0.1) is 17.1 Å². The van der Waals surface area contributed by atoms with Gasteiger partial charge in [0.2, 0.25) is 11.9 Å². The van der Waals surface area contributed by atoms with E-state index in [4.69, 9.17) is 4.98 Å². The first-order valence-corrected chi connectivity index (χ1v) is 11.7. The van der Waals surface area contributed by atoms with Gasteiger partial charge in [-0.25, -0.2) is 9.55 Å². The average Bonchev–Trinajstić information content (AvgIpc) is 3.30. The van der Waals surface area contributed by atoms with E-state index in [1.165, 1.54) is 11.3 Å². The average molecular weight is 445 g/mol. The number of aromatic nitrogens is 2. The van der Waals surface area contributed by atoms with Gasteiger partial charge in [-0.05, 0) is 55.5 Å². The van der Waals surface area contributed by atoms with Crippen molar-refractivity contribution in [3.63, 3.8) is 0 Å². The van der Waals surface area contributed by atoms with Gasteiger partial charge in [0.15, 0.2) is 0 Å². The van der Waals surface area contributed by atoms with E-state index in [-0.39, 0.29) is 17.4 Å². The van der Waals surface area contributed by atoms with E-state index in [9.17, 15) is 9.59 Å². The van der Waals surface area contributed by atoms with Crippen molar-refractivity contribution in [2.45, 2.75) is 19.8 Å².